The van der Waals surface area contributed by atoms with E-state index in [2.05, 4.69) is 15.2 Å². The maximum atomic E-state index is 11.1. The molecule has 0 saturated carbocycles. The Kier molecular flexibility index (Phi) is 3.22. The van der Waals surface area contributed by atoms with Gasteiger partial charge in [-0.2, -0.15) is 5.10 Å². The fourth-order valence-corrected chi connectivity index (χ4v) is 0.861. The van der Waals surface area contributed by atoms with Crippen LogP contribution in [0.15, 0.2) is 12.3 Å². The highest BCUT2D eigenvalue weighted by molar-refractivity contribution is 6.37. The van der Waals surface area contributed by atoms with Crippen LogP contribution in [0.2, 0.25) is 0 Å². The van der Waals surface area contributed by atoms with Crippen LogP contribution in [0, 0.1) is 0 Å². The third-order valence-corrected chi connectivity index (χ3v) is 1.52. The molecular formula is C8H11N3O3. The Bertz CT molecular complexity index is 345. The Morgan fingerprint density at radius 1 is 1.64 bits per heavy atom. The lowest BCUT2D eigenvalue weighted by Crippen LogP contribution is -2.26. The number of ether oxygens (including phenoxy) is 1. The highest BCUT2D eigenvalue weighted by atomic mass is 16.5. The minimum absolute atomic E-state index is 0.178. The molecule has 0 aliphatic heterocycles. The molecule has 14 heavy (non-hydrogen) atoms. The number of rotatable bonds is 2. The van der Waals surface area contributed by atoms with Gasteiger partial charge in [0.25, 0.3) is 0 Å². The first kappa shape index (κ1) is 10.2. The number of carbonyl (C=O) groups is 2. The van der Waals surface area contributed by atoms with E-state index in [4.69, 9.17) is 0 Å². The maximum Gasteiger partial charge on any atom is 0.397 e. The summed E-state index contributed by atoms with van der Waals surface area (Å²) in [4.78, 5) is 22.0. The van der Waals surface area contributed by atoms with Crippen LogP contribution in [0.3, 0.4) is 0 Å². The molecule has 6 nitrogen and oxygen atoms in total. The normalized spacial score (nSPS) is 9.57. The van der Waals surface area contributed by atoms with E-state index in [1.807, 2.05) is 0 Å². The number of amides is 1. The molecule has 0 aliphatic carbocycles. The van der Waals surface area contributed by atoms with Gasteiger partial charge in [0, 0.05) is 13.1 Å². The second kappa shape index (κ2) is 4.40. The van der Waals surface area contributed by atoms with Crippen LogP contribution in [-0.4, -0.2) is 28.3 Å². The van der Waals surface area contributed by atoms with E-state index in [9.17, 15) is 9.59 Å². The number of hydrogen-bond donors (Lipinski definition) is 1. The molecule has 0 unspecified atom stereocenters. The van der Waals surface area contributed by atoms with Crippen molar-refractivity contribution in [1.29, 1.82) is 0 Å². The molecule has 0 bridgehead atoms. The smallest absolute Gasteiger partial charge is 0.397 e. The summed E-state index contributed by atoms with van der Waals surface area (Å²) in [5.74, 6) is -1.24. The Morgan fingerprint density at radius 3 is 2.86 bits per heavy atom. The first-order chi connectivity index (χ1) is 6.65. The van der Waals surface area contributed by atoms with Crippen LogP contribution in [0.25, 0.3) is 0 Å². The van der Waals surface area contributed by atoms with Gasteiger partial charge in [-0.15, -0.1) is 0 Å². The predicted molar refractivity (Wildman–Crippen MR) is 48.5 cm³/mol. The second-order valence-corrected chi connectivity index (χ2v) is 2.51. The molecule has 0 radical (unpaired) electrons. The zero-order chi connectivity index (χ0) is 10.6. The van der Waals surface area contributed by atoms with Crippen LogP contribution in [-0.2, 0) is 21.4 Å². The van der Waals surface area contributed by atoms with Gasteiger partial charge in [-0.25, -0.2) is 4.79 Å². The van der Waals surface area contributed by atoms with Gasteiger partial charge in [-0.3, -0.25) is 9.48 Å². The predicted octanol–water partition coefficient (Wildman–Crippen LogP) is -0.0783. The number of nitrogens with zero attached hydrogens (tertiary/aromatic N) is 2. The number of hydrogen-bond acceptors (Lipinski definition) is 4. The van der Waals surface area contributed by atoms with Gasteiger partial charge in [-0.05, 0) is 6.92 Å². The zero-order valence-corrected chi connectivity index (χ0v) is 7.98. The maximum absolute atomic E-state index is 11.1. The summed E-state index contributed by atoms with van der Waals surface area (Å²) in [7, 11) is 1.65. The highest BCUT2D eigenvalue weighted by Gasteiger charge is 2.15. The number of aryl methyl sites for hydroxylation is 1. The van der Waals surface area contributed by atoms with Crippen LogP contribution in [0.5, 0.6) is 0 Å². The third-order valence-electron chi connectivity index (χ3n) is 1.52. The van der Waals surface area contributed by atoms with Crippen molar-refractivity contribution in [3.8, 4) is 0 Å². The average molecular weight is 197 g/mol. The van der Waals surface area contributed by atoms with Crippen LogP contribution >= 0.6 is 0 Å². The van der Waals surface area contributed by atoms with Crippen molar-refractivity contribution in [3.63, 3.8) is 0 Å². The van der Waals surface area contributed by atoms with Gasteiger partial charge >= 0.3 is 11.9 Å². The monoisotopic (exact) mass is 197 g/mol. The molecule has 0 aromatic carbocycles. The molecule has 1 aromatic rings. The zero-order valence-electron chi connectivity index (χ0n) is 7.98. The van der Waals surface area contributed by atoms with Gasteiger partial charge in [0.05, 0.1) is 12.8 Å². The summed E-state index contributed by atoms with van der Waals surface area (Å²) in [6, 6.07) is 1.58. The third kappa shape index (κ3) is 2.32. The number of aromatic nitrogens is 2. The lowest BCUT2D eigenvalue weighted by molar-refractivity contribution is -0.152. The summed E-state index contributed by atoms with van der Waals surface area (Å²) in [5.41, 5.74) is 0. The Morgan fingerprint density at radius 2 is 2.36 bits per heavy atom. The van der Waals surface area contributed by atoms with Crippen LogP contribution in [0.4, 0.5) is 5.82 Å². The molecule has 1 rings (SSSR count). The molecular weight excluding hydrogens is 186 g/mol. The van der Waals surface area contributed by atoms with E-state index in [0.717, 1.165) is 0 Å². The second-order valence-electron chi connectivity index (χ2n) is 2.51. The van der Waals surface area contributed by atoms with E-state index in [-0.39, 0.29) is 6.61 Å². The number of anilines is 1. The van der Waals surface area contributed by atoms with Gasteiger partial charge in [-0.1, -0.05) is 0 Å². The highest BCUT2D eigenvalue weighted by Crippen LogP contribution is 2.02. The lowest BCUT2D eigenvalue weighted by atomic mass is 10.5. The van der Waals surface area contributed by atoms with E-state index in [1.165, 1.54) is 10.9 Å². The van der Waals surface area contributed by atoms with Gasteiger partial charge in [0.15, 0.2) is 0 Å². The van der Waals surface area contributed by atoms with E-state index >= 15 is 0 Å². The Labute approximate surface area is 80.8 Å². The van der Waals surface area contributed by atoms with Crippen molar-refractivity contribution in [1.82, 2.24) is 9.78 Å². The Hall–Kier alpha value is -1.85. The van der Waals surface area contributed by atoms with Crippen molar-refractivity contribution in [3.05, 3.63) is 12.3 Å². The fraction of sp³-hybridized carbons (Fsp3) is 0.375. The molecule has 6 heteroatoms. The Balaban J connectivity index is 2.57. The largest absolute Gasteiger partial charge is 0.459 e. The first-order valence-electron chi connectivity index (χ1n) is 4.11. The van der Waals surface area contributed by atoms with Crippen molar-refractivity contribution in [2.45, 2.75) is 6.92 Å². The summed E-state index contributed by atoms with van der Waals surface area (Å²) in [6.07, 6.45) is 1.51. The molecule has 0 atom stereocenters. The van der Waals surface area contributed by atoms with E-state index in [1.54, 1.807) is 20.0 Å². The molecule has 0 spiro atoms. The van der Waals surface area contributed by atoms with Crippen molar-refractivity contribution >= 4 is 17.7 Å². The molecule has 0 saturated heterocycles. The van der Waals surface area contributed by atoms with Crippen molar-refractivity contribution in [2.24, 2.45) is 7.05 Å². The molecule has 1 N–H and O–H groups in total. The number of nitrogens with one attached hydrogen (secondary N) is 1. The number of carbonyl (C=O) groups excluding carboxylic acids is 2. The number of esters is 1. The molecule has 0 fully saturated rings. The van der Waals surface area contributed by atoms with Gasteiger partial charge < -0.3 is 10.1 Å². The summed E-state index contributed by atoms with van der Waals surface area (Å²) in [6.45, 7) is 1.81. The molecule has 1 amide bonds. The standard InChI is InChI=1S/C8H11N3O3/c1-3-14-8(13)7(12)10-6-4-5-9-11(6)2/h4-5H,3H2,1-2H3,(H,10,12). The van der Waals surface area contributed by atoms with Crippen molar-refractivity contribution < 1.29 is 14.3 Å². The topological polar surface area (TPSA) is 73.2 Å². The first-order valence-corrected chi connectivity index (χ1v) is 4.11. The van der Waals surface area contributed by atoms with E-state index in [0.29, 0.717) is 5.82 Å². The minimum atomic E-state index is -0.895. The average Bonchev–Trinajstić information content (AvgIpc) is 2.52. The molecule has 76 valence electrons. The molecule has 1 aromatic heterocycles. The van der Waals surface area contributed by atoms with Crippen molar-refractivity contribution in [2.75, 3.05) is 11.9 Å². The minimum Gasteiger partial charge on any atom is -0.459 e. The lowest BCUT2D eigenvalue weighted by Gasteiger charge is -2.03. The van der Waals surface area contributed by atoms with Crippen LogP contribution < -0.4 is 5.32 Å². The SMILES string of the molecule is CCOC(=O)C(=O)Nc1ccnn1C. The quantitative estimate of drug-likeness (QED) is 0.531. The molecule has 0 aliphatic rings. The van der Waals surface area contributed by atoms with E-state index < -0.39 is 11.9 Å². The summed E-state index contributed by atoms with van der Waals surface area (Å²) < 4.78 is 5.95. The molecule has 1 heterocycles. The summed E-state index contributed by atoms with van der Waals surface area (Å²) in [5, 5.41) is 6.19. The van der Waals surface area contributed by atoms with Gasteiger partial charge in [0.2, 0.25) is 0 Å². The summed E-state index contributed by atoms with van der Waals surface area (Å²) >= 11 is 0. The van der Waals surface area contributed by atoms with Gasteiger partial charge in [0.1, 0.15) is 5.82 Å². The van der Waals surface area contributed by atoms with Crippen LogP contribution in [0.1, 0.15) is 6.92 Å². The fourth-order valence-electron chi connectivity index (χ4n) is 0.861.